The van der Waals surface area contributed by atoms with Crippen molar-refractivity contribution in [1.29, 1.82) is 0 Å². The minimum absolute atomic E-state index is 0. The highest BCUT2D eigenvalue weighted by molar-refractivity contribution is 14.0. The maximum absolute atomic E-state index is 11.6. The van der Waals surface area contributed by atoms with Crippen molar-refractivity contribution in [3.63, 3.8) is 0 Å². The van der Waals surface area contributed by atoms with Gasteiger partial charge in [0.2, 0.25) is 5.91 Å². The van der Waals surface area contributed by atoms with Crippen molar-refractivity contribution in [3.8, 4) is 0 Å². The zero-order valence-corrected chi connectivity index (χ0v) is 18.4. The van der Waals surface area contributed by atoms with Crippen molar-refractivity contribution in [2.24, 2.45) is 4.99 Å². The zero-order chi connectivity index (χ0) is 18.3. The highest BCUT2D eigenvalue weighted by atomic mass is 127. The molecule has 0 unspecified atom stereocenters. The lowest BCUT2D eigenvalue weighted by Crippen LogP contribution is -2.38. The molecule has 0 aromatic heterocycles. The molecule has 25 heavy (non-hydrogen) atoms. The molecule has 0 aliphatic rings. The molecular formula is C16H27IN4O3S. The van der Waals surface area contributed by atoms with Crippen LogP contribution >= 0.6 is 24.0 Å². The number of benzene rings is 1. The van der Waals surface area contributed by atoms with E-state index in [0.29, 0.717) is 30.4 Å². The monoisotopic (exact) mass is 482 g/mol. The minimum Gasteiger partial charge on any atom is -0.356 e. The first-order chi connectivity index (χ1) is 11.1. The van der Waals surface area contributed by atoms with Crippen LogP contribution in [0.4, 0.5) is 0 Å². The Morgan fingerprint density at radius 3 is 2.36 bits per heavy atom. The van der Waals surface area contributed by atoms with E-state index in [1.807, 2.05) is 6.07 Å². The average Bonchev–Trinajstić information content (AvgIpc) is 2.49. The summed E-state index contributed by atoms with van der Waals surface area (Å²) in [6.07, 6.45) is 1.59. The van der Waals surface area contributed by atoms with Gasteiger partial charge < -0.3 is 15.5 Å². The fraction of sp³-hybridized carbons (Fsp3) is 0.500. The van der Waals surface area contributed by atoms with E-state index in [4.69, 9.17) is 0 Å². The van der Waals surface area contributed by atoms with Gasteiger partial charge in [-0.15, -0.1) is 24.0 Å². The van der Waals surface area contributed by atoms with Crippen LogP contribution < -0.4 is 10.6 Å². The van der Waals surface area contributed by atoms with E-state index >= 15 is 0 Å². The van der Waals surface area contributed by atoms with Gasteiger partial charge in [-0.3, -0.25) is 9.79 Å². The Morgan fingerprint density at radius 1 is 1.24 bits per heavy atom. The molecule has 0 aliphatic heterocycles. The largest absolute Gasteiger partial charge is 0.356 e. The topological polar surface area (TPSA) is 90.9 Å². The molecule has 0 heterocycles. The molecule has 0 saturated carbocycles. The Labute approximate surface area is 167 Å². The number of guanidine groups is 1. The second-order valence-corrected chi connectivity index (χ2v) is 7.75. The van der Waals surface area contributed by atoms with E-state index in [1.54, 1.807) is 45.1 Å². The average molecular weight is 482 g/mol. The quantitative estimate of drug-likeness (QED) is 0.361. The molecule has 0 spiro atoms. The fourth-order valence-corrected chi connectivity index (χ4v) is 3.11. The highest BCUT2D eigenvalue weighted by Gasteiger charge is 2.11. The minimum atomic E-state index is -3.21. The highest BCUT2D eigenvalue weighted by Crippen LogP contribution is 2.16. The van der Waals surface area contributed by atoms with Gasteiger partial charge in [-0.25, -0.2) is 8.42 Å². The van der Waals surface area contributed by atoms with Gasteiger partial charge in [0.25, 0.3) is 0 Å². The Balaban J connectivity index is 0.00000576. The maximum Gasteiger partial charge on any atom is 0.223 e. The summed E-state index contributed by atoms with van der Waals surface area (Å²) >= 11 is 0. The smallest absolute Gasteiger partial charge is 0.223 e. The molecule has 1 aromatic rings. The van der Waals surface area contributed by atoms with Crippen LogP contribution in [0.25, 0.3) is 0 Å². The molecular weight excluding hydrogens is 455 g/mol. The number of nitrogens with one attached hydrogen (secondary N) is 2. The van der Waals surface area contributed by atoms with E-state index < -0.39 is 9.84 Å². The summed E-state index contributed by atoms with van der Waals surface area (Å²) in [6, 6.07) is 5.24. The van der Waals surface area contributed by atoms with Gasteiger partial charge in [-0.05, 0) is 24.1 Å². The SMILES string of the molecule is CN=C(NCCC(=O)N(C)C)NCc1ccc(S(C)(=O)=O)c(C)c1.I. The zero-order valence-electron chi connectivity index (χ0n) is 15.3. The van der Waals surface area contributed by atoms with Crippen molar-refractivity contribution in [1.82, 2.24) is 15.5 Å². The fourth-order valence-electron chi connectivity index (χ4n) is 2.16. The van der Waals surface area contributed by atoms with Crippen LogP contribution in [0.1, 0.15) is 17.5 Å². The molecule has 0 aliphatic carbocycles. The molecule has 1 amide bonds. The summed E-state index contributed by atoms with van der Waals surface area (Å²) in [5.41, 5.74) is 1.67. The van der Waals surface area contributed by atoms with Crippen molar-refractivity contribution in [2.75, 3.05) is 33.9 Å². The number of nitrogens with zero attached hydrogens (tertiary/aromatic N) is 2. The van der Waals surface area contributed by atoms with Crippen LogP contribution in [0.5, 0.6) is 0 Å². The Bertz CT molecular complexity index is 718. The van der Waals surface area contributed by atoms with E-state index in [-0.39, 0.29) is 29.9 Å². The molecule has 2 N–H and O–H groups in total. The number of carbonyl (C=O) groups excluding carboxylic acids is 1. The molecule has 0 saturated heterocycles. The lowest BCUT2D eigenvalue weighted by Gasteiger charge is -2.14. The molecule has 0 bridgehead atoms. The number of rotatable bonds is 6. The van der Waals surface area contributed by atoms with E-state index in [2.05, 4.69) is 15.6 Å². The van der Waals surface area contributed by atoms with Gasteiger partial charge in [0.1, 0.15) is 0 Å². The normalized spacial score (nSPS) is 11.5. The van der Waals surface area contributed by atoms with Crippen molar-refractivity contribution in [2.45, 2.75) is 24.8 Å². The Hall–Kier alpha value is -1.36. The van der Waals surface area contributed by atoms with Gasteiger partial charge in [-0.2, -0.15) is 0 Å². The third kappa shape index (κ3) is 8.04. The second-order valence-electron chi connectivity index (χ2n) is 5.76. The number of carbonyl (C=O) groups is 1. The molecule has 9 heteroatoms. The molecule has 7 nitrogen and oxygen atoms in total. The van der Waals surface area contributed by atoms with Crippen molar-refractivity contribution >= 4 is 45.7 Å². The van der Waals surface area contributed by atoms with Gasteiger partial charge in [-0.1, -0.05) is 12.1 Å². The van der Waals surface area contributed by atoms with Gasteiger partial charge in [0, 0.05) is 46.9 Å². The summed E-state index contributed by atoms with van der Waals surface area (Å²) in [6.45, 7) is 2.77. The molecule has 1 rings (SSSR count). The van der Waals surface area contributed by atoms with Crippen LogP contribution in [0.15, 0.2) is 28.1 Å². The molecule has 0 radical (unpaired) electrons. The third-order valence-electron chi connectivity index (χ3n) is 3.45. The van der Waals surface area contributed by atoms with E-state index in [1.165, 1.54) is 6.26 Å². The number of aliphatic imine (C=N–C) groups is 1. The number of hydrogen-bond donors (Lipinski definition) is 2. The van der Waals surface area contributed by atoms with Crippen LogP contribution in [0.2, 0.25) is 0 Å². The first kappa shape index (κ1) is 23.6. The predicted octanol–water partition coefficient (Wildman–Crippen LogP) is 1.16. The molecule has 142 valence electrons. The Morgan fingerprint density at radius 2 is 1.88 bits per heavy atom. The van der Waals surface area contributed by atoms with Gasteiger partial charge in [0.05, 0.1) is 4.90 Å². The van der Waals surface area contributed by atoms with E-state index in [0.717, 1.165) is 11.1 Å². The molecule has 0 atom stereocenters. The summed E-state index contributed by atoms with van der Waals surface area (Å²) in [4.78, 5) is 17.5. The number of halogens is 1. The maximum atomic E-state index is 11.6. The first-order valence-corrected chi connectivity index (χ1v) is 9.48. The number of aryl methyl sites for hydroxylation is 1. The molecule has 0 fully saturated rings. The van der Waals surface area contributed by atoms with Crippen LogP contribution in [-0.4, -0.2) is 59.1 Å². The van der Waals surface area contributed by atoms with Gasteiger partial charge in [0.15, 0.2) is 15.8 Å². The predicted molar refractivity (Wildman–Crippen MR) is 111 cm³/mol. The van der Waals surface area contributed by atoms with Gasteiger partial charge >= 0.3 is 0 Å². The van der Waals surface area contributed by atoms with Crippen molar-refractivity contribution < 1.29 is 13.2 Å². The third-order valence-corrected chi connectivity index (χ3v) is 4.71. The summed E-state index contributed by atoms with van der Waals surface area (Å²) < 4.78 is 23.2. The molecule has 1 aromatic carbocycles. The number of sulfone groups is 1. The standard InChI is InChI=1S/C16H26N4O3S.HI/c1-12-10-13(6-7-14(12)24(5,22)23)11-19-16(17-2)18-9-8-15(21)20(3)4;/h6-7,10H,8-9,11H2,1-5H3,(H2,17,18,19);1H. The Kier molecular flexibility index (Phi) is 10.0. The van der Waals surface area contributed by atoms with Crippen LogP contribution in [-0.2, 0) is 21.2 Å². The summed E-state index contributed by atoms with van der Waals surface area (Å²) in [5.74, 6) is 0.636. The van der Waals surface area contributed by atoms with E-state index in [9.17, 15) is 13.2 Å². The van der Waals surface area contributed by atoms with Crippen LogP contribution in [0, 0.1) is 6.92 Å². The lowest BCUT2D eigenvalue weighted by atomic mass is 10.1. The second kappa shape index (κ2) is 10.6. The summed E-state index contributed by atoms with van der Waals surface area (Å²) in [5, 5.41) is 6.21. The van der Waals surface area contributed by atoms with Crippen molar-refractivity contribution in [3.05, 3.63) is 29.3 Å². The first-order valence-electron chi connectivity index (χ1n) is 7.59. The lowest BCUT2D eigenvalue weighted by molar-refractivity contribution is -0.128. The number of hydrogen-bond acceptors (Lipinski definition) is 4. The summed E-state index contributed by atoms with van der Waals surface area (Å²) in [7, 11) is 1.89. The van der Waals surface area contributed by atoms with Crippen LogP contribution in [0.3, 0.4) is 0 Å². The number of amides is 1.